The number of pyridine rings is 1. The number of nitrogens with zero attached hydrogens (tertiary/aromatic N) is 2. The molecule has 4 aromatic rings. The fraction of sp³-hybridized carbons (Fsp3) is 0.200. The van der Waals surface area contributed by atoms with Crippen molar-refractivity contribution in [2.45, 2.75) is 20.4 Å². The van der Waals surface area contributed by atoms with E-state index in [0.29, 0.717) is 51.8 Å². The molecule has 0 unspecified atom stereocenters. The standard InChI is InChI=1S/C25H24N4O4S/c1-3-32-20-13-18-19(14-21(20)33-4-2)27-25(34)29(24(18)31)15-16-8-10-17(11-9-16)23(30)28-22-7-5-6-12-26-22/h5-14H,3-4,15H2,1-2H3,(H,27,34)(H,26,28,30). The van der Waals surface area contributed by atoms with Crippen LogP contribution in [0.4, 0.5) is 5.82 Å². The number of aromatic nitrogens is 3. The fourth-order valence-corrected chi connectivity index (χ4v) is 3.77. The van der Waals surface area contributed by atoms with Crippen molar-refractivity contribution in [3.05, 3.63) is 87.0 Å². The molecule has 0 atom stereocenters. The molecular weight excluding hydrogens is 452 g/mol. The van der Waals surface area contributed by atoms with Gasteiger partial charge in [-0.25, -0.2) is 4.98 Å². The molecule has 174 valence electrons. The Hall–Kier alpha value is -3.98. The lowest BCUT2D eigenvalue weighted by molar-refractivity contribution is 0.102. The Labute approximate surface area is 201 Å². The topological polar surface area (TPSA) is 98.2 Å². The minimum Gasteiger partial charge on any atom is -0.490 e. The first kappa shape index (κ1) is 23.2. The zero-order valence-corrected chi connectivity index (χ0v) is 19.6. The van der Waals surface area contributed by atoms with Gasteiger partial charge in [-0.3, -0.25) is 14.2 Å². The van der Waals surface area contributed by atoms with Crippen molar-refractivity contribution in [1.29, 1.82) is 0 Å². The number of fused-ring (bicyclic) bond motifs is 1. The van der Waals surface area contributed by atoms with Gasteiger partial charge in [-0.05, 0) is 62.0 Å². The van der Waals surface area contributed by atoms with E-state index in [4.69, 9.17) is 21.7 Å². The molecule has 0 saturated carbocycles. The first-order valence-corrected chi connectivity index (χ1v) is 11.3. The van der Waals surface area contributed by atoms with Gasteiger partial charge in [0.05, 0.1) is 30.7 Å². The molecule has 2 aromatic carbocycles. The lowest BCUT2D eigenvalue weighted by atomic mass is 10.1. The first-order valence-electron chi connectivity index (χ1n) is 10.9. The van der Waals surface area contributed by atoms with E-state index < -0.39 is 0 Å². The van der Waals surface area contributed by atoms with Crippen LogP contribution in [0.1, 0.15) is 29.8 Å². The molecule has 8 nitrogen and oxygen atoms in total. The number of carbonyl (C=O) groups excluding carboxylic acids is 1. The number of benzene rings is 2. The van der Waals surface area contributed by atoms with Crippen LogP contribution < -0.4 is 20.3 Å². The zero-order valence-electron chi connectivity index (χ0n) is 18.8. The van der Waals surface area contributed by atoms with Crippen LogP contribution in [0.2, 0.25) is 0 Å². The van der Waals surface area contributed by atoms with Crippen LogP contribution in [0.15, 0.2) is 65.6 Å². The summed E-state index contributed by atoms with van der Waals surface area (Å²) in [6.45, 7) is 4.93. The molecule has 0 spiro atoms. The van der Waals surface area contributed by atoms with Crippen LogP contribution >= 0.6 is 12.2 Å². The van der Waals surface area contributed by atoms with Crippen LogP contribution in [-0.4, -0.2) is 33.7 Å². The summed E-state index contributed by atoms with van der Waals surface area (Å²) in [6.07, 6.45) is 1.61. The molecule has 0 saturated heterocycles. The third-order valence-electron chi connectivity index (χ3n) is 5.11. The lowest BCUT2D eigenvalue weighted by Crippen LogP contribution is -2.23. The summed E-state index contributed by atoms with van der Waals surface area (Å²) in [7, 11) is 0. The summed E-state index contributed by atoms with van der Waals surface area (Å²) < 4.78 is 13.1. The molecule has 0 aliphatic carbocycles. The monoisotopic (exact) mass is 476 g/mol. The van der Waals surface area contributed by atoms with E-state index in [2.05, 4.69) is 15.3 Å². The van der Waals surface area contributed by atoms with E-state index in [1.165, 1.54) is 4.57 Å². The number of ether oxygens (including phenoxy) is 2. The molecule has 2 heterocycles. The number of aromatic amines is 1. The predicted molar refractivity (Wildman–Crippen MR) is 133 cm³/mol. The van der Waals surface area contributed by atoms with Gasteiger partial charge in [0.25, 0.3) is 11.5 Å². The molecule has 0 bridgehead atoms. The van der Waals surface area contributed by atoms with E-state index in [9.17, 15) is 9.59 Å². The summed E-state index contributed by atoms with van der Waals surface area (Å²) in [6, 6.07) is 15.7. The minimum absolute atomic E-state index is 0.236. The van der Waals surface area contributed by atoms with Crippen LogP contribution in [0.5, 0.6) is 11.5 Å². The maximum atomic E-state index is 13.3. The van der Waals surface area contributed by atoms with Crippen LogP contribution in [0.3, 0.4) is 0 Å². The average molecular weight is 477 g/mol. The molecule has 4 rings (SSSR count). The number of H-pyrrole nitrogens is 1. The maximum Gasteiger partial charge on any atom is 0.262 e. The van der Waals surface area contributed by atoms with Crippen molar-refractivity contribution >= 4 is 34.8 Å². The lowest BCUT2D eigenvalue weighted by Gasteiger charge is -2.14. The number of carbonyl (C=O) groups is 1. The Morgan fingerprint density at radius 2 is 1.76 bits per heavy atom. The van der Waals surface area contributed by atoms with Gasteiger partial charge < -0.3 is 19.8 Å². The molecular formula is C25H24N4O4S. The smallest absolute Gasteiger partial charge is 0.262 e. The van der Waals surface area contributed by atoms with E-state index in [1.54, 1.807) is 60.8 Å². The van der Waals surface area contributed by atoms with Crippen molar-refractivity contribution in [3.8, 4) is 11.5 Å². The Balaban J connectivity index is 1.61. The third-order valence-corrected chi connectivity index (χ3v) is 5.43. The number of amides is 1. The van der Waals surface area contributed by atoms with E-state index in [0.717, 1.165) is 5.56 Å². The first-order chi connectivity index (χ1) is 16.5. The maximum absolute atomic E-state index is 13.3. The Kier molecular flexibility index (Phi) is 7.03. The highest BCUT2D eigenvalue weighted by atomic mass is 32.1. The summed E-state index contributed by atoms with van der Waals surface area (Å²) in [4.78, 5) is 32.9. The molecule has 0 aliphatic heterocycles. The predicted octanol–water partition coefficient (Wildman–Crippen LogP) is 4.55. The summed E-state index contributed by atoms with van der Waals surface area (Å²) in [5.41, 5.74) is 1.65. The second-order valence-electron chi connectivity index (χ2n) is 7.40. The average Bonchev–Trinajstić information content (AvgIpc) is 2.84. The van der Waals surface area contributed by atoms with Crippen molar-refractivity contribution < 1.29 is 14.3 Å². The van der Waals surface area contributed by atoms with E-state index in [1.807, 2.05) is 13.8 Å². The molecule has 0 aliphatic rings. The molecule has 34 heavy (non-hydrogen) atoms. The summed E-state index contributed by atoms with van der Waals surface area (Å²) in [5.74, 6) is 1.27. The molecule has 0 fully saturated rings. The SMILES string of the molecule is CCOc1cc2[nH]c(=S)n(Cc3ccc(C(=O)Nc4ccccn4)cc3)c(=O)c2cc1OCC. The van der Waals surface area contributed by atoms with Gasteiger partial charge >= 0.3 is 0 Å². The van der Waals surface area contributed by atoms with E-state index >= 15 is 0 Å². The van der Waals surface area contributed by atoms with Crippen molar-refractivity contribution in [1.82, 2.24) is 14.5 Å². The number of hydrogen-bond acceptors (Lipinski definition) is 6. The van der Waals surface area contributed by atoms with Gasteiger partial charge in [-0.15, -0.1) is 0 Å². The van der Waals surface area contributed by atoms with Gasteiger partial charge in [0, 0.05) is 17.8 Å². The molecule has 9 heteroatoms. The second kappa shape index (κ2) is 10.3. The highest BCUT2D eigenvalue weighted by Crippen LogP contribution is 2.31. The quantitative estimate of drug-likeness (QED) is 0.362. The van der Waals surface area contributed by atoms with Crippen molar-refractivity contribution in [3.63, 3.8) is 0 Å². The largest absolute Gasteiger partial charge is 0.490 e. The minimum atomic E-state index is -0.265. The number of hydrogen-bond donors (Lipinski definition) is 2. The van der Waals surface area contributed by atoms with Crippen molar-refractivity contribution in [2.75, 3.05) is 18.5 Å². The Bertz CT molecular complexity index is 1430. The van der Waals surface area contributed by atoms with Crippen LogP contribution in [-0.2, 0) is 6.54 Å². The normalized spacial score (nSPS) is 10.8. The van der Waals surface area contributed by atoms with E-state index in [-0.39, 0.29) is 18.0 Å². The Morgan fingerprint density at radius 3 is 2.41 bits per heavy atom. The molecule has 1 amide bonds. The summed E-state index contributed by atoms with van der Waals surface area (Å²) >= 11 is 5.46. The van der Waals surface area contributed by atoms with Crippen LogP contribution in [0, 0.1) is 4.77 Å². The van der Waals surface area contributed by atoms with Gasteiger partial charge in [0.15, 0.2) is 16.3 Å². The molecule has 0 radical (unpaired) electrons. The molecule has 2 N–H and O–H groups in total. The van der Waals surface area contributed by atoms with Crippen LogP contribution in [0.25, 0.3) is 10.9 Å². The number of rotatable bonds is 8. The zero-order chi connectivity index (χ0) is 24.1. The fourth-order valence-electron chi connectivity index (χ4n) is 3.51. The molecule has 2 aromatic heterocycles. The third kappa shape index (κ3) is 4.99. The number of anilines is 1. The second-order valence-corrected chi connectivity index (χ2v) is 7.78. The van der Waals surface area contributed by atoms with Gasteiger partial charge in [0.1, 0.15) is 5.82 Å². The summed E-state index contributed by atoms with van der Waals surface area (Å²) in [5, 5.41) is 3.20. The highest BCUT2D eigenvalue weighted by molar-refractivity contribution is 7.71. The number of nitrogens with one attached hydrogen (secondary N) is 2. The Morgan fingerprint density at radius 1 is 1.06 bits per heavy atom. The van der Waals surface area contributed by atoms with Gasteiger partial charge in [-0.1, -0.05) is 18.2 Å². The van der Waals surface area contributed by atoms with Gasteiger partial charge in [0.2, 0.25) is 0 Å². The van der Waals surface area contributed by atoms with Crippen molar-refractivity contribution in [2.24, 2.45) is 0 Å². The highest BCUT2D eigenvalue weighted by Gasteiger charge is 2.13. The van der Waals surface area contributed by atoms with Gasteiger partial charge in [-0.2, -0.15) is 0 Å².